The van der Waals surface area contributed by atoms with E-state index in [1.54, 1.807) is 7.05 Å². The Morgan fingerprint density at radius 1 is 1.50 bits per heavy atom. The van der Waals surface area contributed by atoms with Crippen LogP contribution in [-0.2, 0) is 4.74 Å². The molecule has 1 aromatic rings. The highest BCUT2D eigenvalue weighted by atomic mass is 19.1. The van der Waals surface area contributed by atoms with Crippen LogP contribution in [0.25, 0.3) is 0 Å². The summed E-state index contributed by atoms with van der Waals surface area (Å²) in [6.45, 7) is 5.89. The topological polar surface area (TPSA) is 63.2 Å². The number of hydrogen-bond acceptors (Lipinski definition) is 4. The number of rotatable bonds is 8. The third kappa shape index (κ3) is 5.13. The summed E-state index contributed by atoms with van der Waals surface area (Å²) in [5, 5.41) is 5.26. The van der Waals surface area contributed by atoms with Gasteiger partial charge in [-0.15, -0.1) is 0 Å². The quantitative estimate of drug-likeness (QED) is 0.717. The fourth-order valence-corrected chi connectivity index (χ4v) is 1.58. The smallest absolute Gasteiger partial charge is 0.254 e. The molecule has 5 nitrogen and oxygen atoms in total. The Balaban J connectivity index is 2.36. The zero-order valence-corrected chi connectivity index (χ0v) is 12.2. The average Bonchev–Trinajstić information content (AvgIpc) is 2.42. The molecule has 1 rings (SSSR count). The zero-order valence-electron chi connectivity index (χ0n) is 12.2. The van der Waals surface area contributed by atoms with Crippen molar-refractivity contribution in [2.75, 3.05) is 32.1 Å². The van der Waals surface area contributed by atoms with Gasteiger partial charge in [-0.2, -0.15) is 0 Å². The van der Waals surface area contributed by atoms with Crippen molar-refractivity contribution >= 4 is 11.7 Å². The first-order valence-electron chi connectivity index (χ1n) is 6.74. The van der Waals surface area contributed by atoms with Gasteiger partial charge in [-0.3, -0.25) is 4.79 Å². The third-order valence-corrected chi connectivity index (χ3v) is 2.57. The molecular weight excluding hydrogens is 261 g/mol. The van der Waals surface area contributed by atoms with Crippen molar-refractivity contribution in [3.05, 3.63) is 23.6 Å². The Hall–Kier alpha value is -1.69. The molecule has 0 saturated heterocycles. The molecule has 112 valence electrons. The molecule has 0 atom stereocenters. The van der Waals surface area contributed by atoms with E-state index in [1.165, 1.54) is 12.3 Å². The molecule has 0 unspecified atom stereocenters. The number of aromatic nitrogens is 1. The van der Waals surface area contributed by atoms with E-state index in [-0.39, 0.29) is 11.4 Å². The summed E-state index contributed by atoms with van der Waals surface area (Å²) < 4.78 is 19.2. The van der Waals surface area contributed by atoms with Crippen LogP contribution >= 0.6 is 0 Å². The number of carbonyl (C=O) groups is 1. The Morgan fingerprint density at radius 2 is 2.25 bits per heavy atom. The summed E-state index contributed by atoms with van der Waals surface area (Å²) in [5.41, 5.74) is -0.00699. The Labute approximate surface area is 118 Å². The van der Waals surface area contributed by atoms with Crippen molar-refractivity contribution in [2.24, 2.45) is 5.92 Å². The molecule has 0 aliphatic rings. The maximum absolute atomic E-state index is 13.8. The molecule has 2 N–H and O–H groups in total. The minimum atomic E-state index is -0.636. The van der Waals surface area contributed by atoms with Crippen LogP contribution in [0.1, 0.15) is 30.6 Å². The Morgan fingerprint density at radius 3 is 2.90 bits per heavy atom. The van der Waals surface area contributed by atoms with Crippen molar-refractivity contribution in [3.63, 3.8) is 0 Å². The summed E-state index contributed by atoms with van der Waals surface area (Å²) in [7, 11) is 1.55. The van der Waals surface area contributed by atoms with Gasteiger partial charge >= 0.3 is 0 Å². The molecule has 1 aromatic heterocycles. The van der Waals surface area contributed by atoms with Crippen molar-refractivity contribution in [1.82, 2.24) is 10.3 Å². The van der Waals surface area contributed by atoms with Gasteiger partial charge in [0.25, 0.3) is 5.91 Å². The van der Waals surface area contributed by atoms with E-state index in [1.807, 2.05) is 0 Å². The van der Waals surface area contributed by atoms with Crippen LogP contribution in [0, 0.1) is 11.7 Å². The summed E-state index contributed by atoms with van der Waals surface area (Å²) >= 11 is 0. The molecule has 0 aliphatic heterocycles. The Kier molecular flexibility index (Phi) is 6.93. The lowest BCUT2D eigenvalue weighted by molar-refractivity contribution is 0.0921. The summed E-state index contributed by atoms with van der Waals surface area (Å²) in [4.78, 5) is 15.6. The van der Waals surface area contributed by atoms with Crippen LogP contribution in [0.4, 0.5) is 10.2 Å². The van der Waals surface area contributed by atoms with Gasteiger partial charge in [-0.05, 0) is 18.4 Å². The second-order valence-corrected chi connectivity index (χ2v) is 4.85. The largest absolute Gasteiger partial charge is 0.381 e. The van der Waals surface area contributed by atoms with Crippen LogP contribution in [0.2, 0.25) is 0 Å². The van der Waals surface area contributed by atoms with Crippen molar-refractivity contribution < 1.29 is 13.9 Å². The Bertz CT molecular complexity index is 438. The van der Waals surface area contributed by atoms with E-state index in [2.05, 4.69) is 29.5 Å². The molecule has 20 heavy (non-hydrogen) atoms. The molecule has 0 aliphatic carbocycles. The van der Waals surface area contributed by atoms with E-state index < -0.39 is 11.7 Å². The molecule has 6 heteroatoms. The van der Waals surface area contributed by atoms with Gasteiger partial charge in [-0.1, -0.05) is 13.8 Å². The minimum Gasteiger partial charge on any atom is -0.381 e. The van der Waals surface area contributed by atoms with Crippen LogP contribution in [0.3, 0.4) is 0 Å². The van der Waals surface area contributed by atoms with Gasteiger partial charge < -0.3 is 15.4 Å². The van der Waals surface area contributed by atoms with E-state index in [0.29, 0.717) is 32.1 Å². The van der Waals surface area contributed by atoms with E-state index in [9.17, 15) is 9.18 Å². The lowest BCUT2D eigenvalue weighted by Crippen LogP contribution is -2.26. The van der Waals surface area contributed by atoms with E-state index in [0.717, 1.165) is 0 Å². The normalized spacial score (nSPS) is 10.7. The first-order valence-corrected chi connectivity index (χ1v) is 6.74. The minimum absolute atomic E-state index is 0.00699. The number of halogens is 1. The molecule has 0 radical (unpaired) electrons. The van der Waals surface area contributed by atoms with Crippen molar-refractivity contribution in [1.29, 1.82) is 0 Å². The molecule has 1 amide bonds. The molecule has 0 spiro atoms. The second kappa shape index (κ2) is 8.47. The van der Waals surface area contributed by atoms with Crippen LogP contribution < -0.4 is 10.6 Å². The van der Waals surface area contributed by atoms with Crippen molar-refractivity contribution in [2.45, 2.75) is 20.3 Å². The third-order valence-electron chi connectivity index (χ3n) is 2.57. The lowest BCUT2D eigenvalue weighted by atomic mass is 10.2. The molecule has 0 aromatic carbocycles. The predicted octanol–water partition coefficient (Wildman–Crippen LogP) is 2.05. The number of carbonyl (C=O) groups excluding carboxylic acids is 1. The van der Waals surface area contributed by atoms with Gasteiger partial charge in [0.05, 0.1) is 5.56 Å². The standard InChI is InChI=1S/C14H22FN3O2/c1-10(2)9-20-8-4-6-18-14(19)11-5-7-17-13(16-3)12(11)15/h5,7,10H,4,6,8-9H2,1-3H3,(H,16,17)(H,18,19). The number of anilines is 1. The number of nitrogens with one attached hydrogen (secondary N) is 2. The van der Waals surface area contributed by atoms with E-state index in [4.69, 9.17) is 4.74 Å². The maximum Gasteiger partial charge on any atom is 0.254 e. The number of amides is 1. The highest BCUT2D eigenvalue weighted by Crippen LogP contribution is 2.14. The summed E-state index contributed by atoms with van der Waals surface area (Å²) in [5.74, 6) is -0.512. The summed E-state index contributed by atoms with van der Waals surface area (Å²) in [6.07, 6.45) is 2.10. The fraction of sp³-hybridized carbons (Fsp3) is 0.571. The maximum atomic E-state index is 13.8. The number of nitrogens with zero attached hydrogens (tertiary/aromatic N) is 1. The predicted molar refractivity (Wildman–Crippen MR) is 76.3 cm³/mol. The zero-order chi connectivity index (χ0) is 15.0. The fourth-order valence-electron chi connectivity index (χ4n) is 1.58. The molecular formula is C14H22FN3O2. The SMILES string of the molecule is CNc1nccc(C(=O)NCCCOCC(C)C)c1F. The van der Waals surface area contributed by atoms with E-state index >= 15 is 0 Å². The lowest BCUT2D eigenvalue weighted by Gasteiger charge is -2.09. The molecule has 0 bridgehead atoms. The molecule has 1 heterocycles. The van der Waals surface area contributed by atoms with Gasteiger partial charge in [-0.25, -0.2) is 9.37 Å². The number of pyridine rings is 1. The number of hydrogen-bond donors (Lipinski definition) is 2. The van der Waals surface area contributed by atoms with Crippen LogP contribution in [-0.4, -0.2) is 37.7 Å². The average molecular weight is 283 g/mol. The highest BCUT2D eigenvalue weighted by molar-refractivity contribution is 5.95. The van der Waals surface area contributed by atoms with Crippen LogP contribution in [0.5, 0.6) is 0 Å². The van der Waals surface area contributed by atoms with Gasteiger partial charge in [0.1, 0.15) is 0 Å². The van der Waals surface area contributed by atoms with Gasteiger partial charge in [0.15, 0.2) is 11.6 Å². The first kappa shape index (κ1) is 16.4. The number of ether oxygens (including phenoxy) is 1. The summed E-state index contributed by atoms with van der Waals surface area (Å²) in [6, 6.07) is 1.36. The van der Waals surface area contributed by atoms with Crippen LogP contribution in [0.15, 0.2) is 12.3 Å². The molecule has 0 fully saturated rings. The van der Waals surface area contributed by atoms with Gasteiger partial charge in [0.2, 0.25) is 0 Å². The molecule has 0 saturated carbocycles. The second-order valence-electron chi connectivity index (χ2n) is 4.85. The van der Waals surface area contributed by atoms with Crippen molar-refractivity contribution in [3.8, 4) is 0 Å². The monoisotopic (exact) mass is 283 g/mol. The highest BCUT2D eigenvalue weighted by Gasteiger charge is 2.14. The van der Waals surface area contributed by atoms with Gasteiger partial charge in [0, 0.05) is 33.0 Å². The first-order chi connectivity index (χ1) is 9.56.